The zero-order chi connectivity index (χ0) is 36.8. The topological polar surface area (TPSA) is 163 Å². The number of anilines is 1. The number of nitrogens with zero attached hydrogens (tertiary/aromatic N) is 5. The van der Waals surface area contributed by atoms with Gasteiger partial charge in [-0.25, -0.2) is 9.59 Å². The molecule has 280 valence electrons. The molecule has 4 aliphatic heterocycles. The summed E-state index contributed by atoms with van der Waals surface area (Å²) in [5.74, 6) is -1.31. The first-order valence-corrected chi connectivity index (χ1v) is 19.0. The minimum atomic E-state index is -1.06. The lowest BCUT2D eigenvalue weighted by Gasteiger charge is -2.43. The number of piperazine rings is 1. The third-order valence-corrected chi connectivity index (χ3v) is 11.4. The monoisotopic (exact) mass is 782 g/mol. The van der Waals surface area contributed by atoms with Crippen LogP contribution < -0.4 is 5.32 Å². The summed E-state index contributed by atoms with van der Waals surface area (Å²) in [6.45, 7) is 4.89. The highest BCUT2D eigenvalue weighted by Gasteiger charge is 2.37. The molecule has 0 spiro atoms. The lowest BCUT2D eigenvalue weighted by Crippen LogP contribution is -2.56. The Morgan fingerprint density at radius 2 is 1.50 bits per heavy atom. The summed E-state index contributed by atoms with van der Waals surface area (Å²) < 4.78 is 6.48. The van der Waals surface area contributed by atoms with Crippen LogP contribution in [0.25, 0.3) is 0 Å². The standard InChI is InChI=1S/C37H47BrN6O8/c38-29-23-25(5-6-31(29)45)24-32(35(49)42-14-10-27(11-15-42)40-19-21-41(22-20-40)33(46)7-8-34(47)48)52-37(51)43-16-12-28(13-17-43)44-18-9-26-3-1-2-4-30(26)39-36(44)50/h1-6,23,27-28,32,45H,7-22,24H2,(H,39,50)(H,47,48). The Labute approximate surface area is 311 Å². The number of carbonyl (C=O) groups excluding carboxylic acids is 4. The number of aliphatic carboxylic acids is 1. The number of nitrogens with one attached hydrogen (secondary N) is 1. The summed E-state index contributed by atoms with van der Waals surface area (Å²) in [7, 11) is 0. The lowest BCUT2D eigenvalue weighted by atomic mass is 10.00. The largest absolute Gasteiger partial charge is 0.507 e. The highest BCUT2D eigenvalue weighted by atomic mass is 79.9. The predicted octanol–water partition coefficient (Wildman–Crippen LogP) is 3.76. The molecule has 0 bridgehead atoms. The number of phenolic OH excluding ortho intramolecular Hbond substituents is 1. The Morgan fingerprint density at radius 3 is 2.19 bits per heavy atom. The molecule has 2 aromatic carbocycles. The molecule has 52 heavy (non-hydrogen) atoms. The molecule has 0 radical (unpaired) electrons. The quantitative estimate of drug-likeness (QED) is 0.344. The predicted molar refractivity (Wildman–Crippen MR) is 195 cm³/mol. The van der Waals surface area contributed by atoms with Gasteiger partial charge in [0, 0.05) is 89.5 Å². The fourth-order valence-corrected chi connectivity index (χ4v) is 8.15. The number of ether oxygens (including phenoxy) is 1. The molecular weight excluding hydrogens is 736 g/mol. The second-order valence-corrected chi connectivity index (χ2v) is 14.8. The molecule has 0 aromatic heterocycles. The van der Waals surface area contributed by atoms with Crippen LogP contribution in [-0.4, -0.2) is 142 Å². The van der Waals surface area contributed by atoms with Crippen molar-refractivity contribution in [2.75, 3.05) is 64.2 Å². The van der Waals surface area contributed by atoms with Crippen LogP contribution in [0.2, 0.25) is 0 Å². The average Bonchev–Trinajstić information content (AvgIpc) is 3.32. The number of fused-ring (bicyclic) bond motifs is 1. The maximum absolute atomic E-state index is 14.0. The van der Waals surface area contributed by atoms with Crippen LogP contribution in [0.1, 0.15) is 49.7 Å². The van der Waals surface area contributed by atoms with E-state index in [1.807, 2.05) is 29.2 Å². The van der Waals surface area contributed by atoms with Crippen molar-refractivity contribution in [1.82, 2.24) is 24.5 Å². The van der Waals surface area contributed by atoms with Crippen LogP contribution in [0, 0.1) is 0 Å². The Bertz CT molecular complexity index is 1640. The van der Waals surface area contributed by atoms with Crippen molar-refractivity contribution in [2.45, 2.75) is 69.6 Å². The third-order valence-electron chi connectivity index (χ3n) is 10.8. The number of likely N-dealkylation sites (tertiary alicyclic amines) is 2. The number of aromatic hydroxyl groups is 1. The number of rotatable bonds is 9. The summed E-state index contributed by atoms with van der Waals surface area (Å²) >= 11 is 3.34. The molecule has 3 N–H and O–H groups in total. The molecule has 5 amide bonds. The van der Waals surface area contributed by atoms with Crippen molar-refractivity contribution in [3.8, 4) is 5.75 Å². The molecule has 2 aromatic rings. The molecule has 14 nitrogen and oxygen atoms in total. The van der Waals surface area contributed by atoms with E-state index in [0.29, 0.717) is 76.2 Å². The van der Waals surface area contributed by atoms with Gasteiger partial charge >= 0.3 is 18.1 Å². The van der Waals surface area contributed by atoms with E-state index in [-0.39, 0.29) is 54.9 Å². The lowest BCUT2D eigenvalue weighted by molar-refractivity contribution is -0.143. The van der Waals surface area contributed by atoms with Crippen LogP contribution in [0.15, 0.2) is 46.9 Å². The number of carbonyl (C=O) groups is 5. The van der Waals surface area contributed by atoms with Gasteiger partial charge < -0.3 is 39.9 Å². The molecule has 1 unspecified atom stereocenters. The highest BCUT2D eigenvalue weighted by Crippen LogP contribution is 2.28. The average molecular weight is 784 g/mol. The number of halogens is 1. The third kappa shape index (κ3) is 9.16. The fourth-order valence-electron chi connectivity index (χ4n) is 7.73. The molecule has 4 aliphatic rings. The van der Waals surface area contributed by atoms with Crippen molar-refractivity contribution >= 4 is 51.5 Å². The number of para-hydroxylation sites is 1. The van der Waals surface area contributed by atoms with Gasteiger partial charge in [-0.2, -0.15) is 0 Å². The van der Waals surface area contributed by atoms with Gasteiger partial charge in [0.05, 0.1) is 10.9 Å². The van der Waals surface area contributed by atoms with E-state index in [0.717, 1.165) is 36.1 Å². The van der Waals surface area contributed by atoms with Gasteiger partial charge in [0.15, 0.2) is 6.10 Å². The van der Waals surface area contributed by atoms with Gasteiger partial charge in [0.1, 0.15) is 5.75 Å². The molecule has 4 heterocycles. The number of hydrogen-bond donors (Lipinski definition) is 3. The summed E-state index contributed by atoms with van der Waals surface area (Å²) in [6, 6.07) is 12.9. The number of carboxylic acid groups (broad SMARTS) is 1. The van der Waals surface area contributed by atoms with Gasteiger partial charge in [-0.05, 0) is 77.4 Å². The first-order chi connectivity index (χ1) is 25.0. The SMILES string of the molecule is O=C(O)CCC(=O)N1CCN(C2CCN(C(=O)C(Cc3ccc(O)c(Br)c3)OC(=O)N3CCC(N4CCc5ccccc5NC4=O)CC3)CC2)CC1. The maximum Gasteiger partial charge on any atom is 0.410 e. The summed E-state index contributed by atoms with van der Waals surface area (Å²) in [5.41, 5.74) is 2.66. The first kappa shape index (κ1) is 37.4. The van der Waals surface area contributed by atoms with Crippen molar-refractivity contribution in [2.24, 2.45) is 0 Å². The van der Waals surface area contributed by atoms with Gasteiger partial charge in [-0.15, -0.1) is 0 Å². The Hall–Kier alpha value is -4.37. The minimum Gasteiger partial charge on any atom is -0.507 e. The van der Waals surface area contributed by atoms with E-state index >= 15 is 0 Å². The van der Waals surface area contributed by atoms with Gasteiger partial charge in [0.25, 0.3) is 5.91 Å². The zero-order valence-electron chi connectivity index (χ0n) is 29.3. The molecule has 0 saturated carbocycles. The molecule has 3 saturated heterocycles. The molecule has 6 rings (SSSR count). The van der Waals surface area contributed by atoms with E-state index in [1.165, 1.54) is 6.07 Å². The summed E-state index contributed by atoms with van der Waals surface area (Å²) in [6.07, 6.45) is 1.79. The van der Waals surface area contributed by atoms with Crippen LogP contribution >= 0.6 is 15.9 Å². The van der Waals surface area contributed by atoms with Crippen LogP contribution in [-0.2, 0) is 32.0 Å². The Morgan fingerprint density at radius 1 is 0.827 bits per heavy atom. The van der Waals surface area contributed by atoms with Crippen LogP contribution in [0.3, 0.4) is 0 Å². The van der Waals surface area contributed by atoms with Crippen LogP contribution in [0.5, 0.6) is 5.75 Å². The van der Waals surface area contributed by atoms with Crippen molar-refractivity contribution in [3.63, 3.8) is 0 Å². The first-order valence-electron chi connectivity index (χ1n) is 18.2. The second kappa shape index (κ2) is 17.0. The number of phenols is 1. The maximum atomic E-state index is 14.0. The van der Waals surface area contributed by atoms with Crippen molar-refractivity contribution in [1.29, 1.82) is 0 Å². The number of urea groups is 1. The Kier molecular flexibility index (Phi) is 12.2. The number of carboxylic acids is 1. The molecule has 1 atom stereocenters. The number of amides is 5. The van der Waals surface area contributed by atoms with E-state index in [4.69, 9.17) is 9.84 Å². The molecule has 3 fully saturated rings. The summed E-state index contributed by atoms with van der Waals surface area (Å²) in [5, 5.41) is 22.0. The van der Waals surface area contributed by atoms with Gasteiger partial charge in [-0.1, -0.05) is 24.3 Å². The summed E-state index contributed by atoms with van der Waals surface area (Å²) in [4.78, 5) is 73.2. The number of benzene rings is 2. The fraction of sp³-hybridized carbons (Fsp3) is 0.541. The molecule has 0 aliphatic carbocycles. The normalized spacial score (nSPS) is 19.8. The highest BCUT2D eigenvalue weighted by molar-refractivity contribution is 9.10. The van der Waals surface area contributed by atoms with E-state index in [9.17, 15) is 29.1 Å². The van der Waals surface area contributed by atoms with Crippen molar-refractivity contribution in [3.05, 3.63) is 58.1 Å². The second-order valence-electron chi connectivity index (χ2n) is 14.0. The number of piperidine rings is 2. The van der Waals surface area contributed by atoms with Crippen LogP contribution in [0.4, 0.5) is 15.3 Å². The van der Waals surface area contributed by atoms with Gasteiger partial charge in [-0.3, -0.25) is 19.3 Å². The number of hydrogen-bond acceptors (Lipinski definition) is 8. The van der Waals surface area contributed by atoms with Gasteiger partial charge in [0.2, 0.25) is 5.91 Å². The zero-order valence-corrected chi connectivity index (χ0v) is 30.8. The van der Waals surface area contributed by atoms with E-state index < -0.39 is 18.2 Å². The van der Waals surface area contributed by atoms with Crippen molar-refractivity contribution < 1.29 is 38.9 Å². The Balaban J connectivity index is 1.03. The van der Waals surface area contributed by atoms with E-state index in [1.54, 1.807) is 26.8 Å². The minimum absolute atomic E-state index is 0.00786. The van der Waals surface area contributed by atoms with E-state index in [2.05, 4.69) is 26.1 Å². The molecular formula is C37H47BrN6O8. The smallest absolute Gasteiger partial charge is 0.410 e. The molecule has 15 heteroatoms.